The second-order valence-corrected chi connectivity index (χ2v) is 10.2. The summed E-state index contributed by atoms with van der Waals surface area (Å²) < 4.78 is 68.5. The molecule has 21 heteroatoms. The minimum atomic E-state index is -5.08. The summed E-state index contributed by atoms with van der Waals surface area (Å²) in [7, 11) is 1.54. The number of halogens is 7. The lowest BCUT2D eigenvalue weighted by Gasteiger charge is -2.38. The van der Waals surface area contributed by atoms with E-state index in [0.717, 1.165) is 27.7 Å². The molecule has 4 heterocycles. The molecule has 260 valence electrons. The number of methoxy groups -OCH3 is 1. The summed E-state index contributed by atoms with van der Waals surface area (Å²) in [6, 6.07) is 5.71. The van der Waals surface area contributed by atoms with Crippen molar-refractivity contribution in [2.45, 2.75) is 25.3 Å². The molecule has 1 aliphatic rings. The van der Waals surface area contributed by atoms with Gasteiger partial charge in [-0.15, -0.1) is 0 Å². The Morgan fingerprint density at radius 1 is 1.02 bits per heavy atom. The van der Waals surface area contributed by atoms with Crippen molar-refractivity contribution >= 4 is 63.0 Å². The Kier molecular flexibility index (Phi) is 12.3. The monoisotopic (exact) mass is 708 g/mol. The minimum absolute atomic E-state index is 0.00355. The van der Waals surface area contributed by atoms with Gasteiger partial charge in [-0.2, -0.15) is 26.3 Å². The van der Waals surface area contributed by atoms with Gasteiger partial charge in [0.2, 0.25) is 5.91 Å². The zero-order valence-electron chi connectivity index (χ0n) is 24.9. The van der Waals surface area contributed by atoms with Crippen LogP contribution in [0.4, 0.5) is 37.8 Å². The molecular weight excluding hydrogens is 682 g/mol. The number of benzene rings is 1. The highest BCUT2D eigenvalue weighted by atomic mass is 35.5. The van der Waals surface area contributed by atoms with Gasteiger partial charge in [-0.05, 0) is 25.1 Å². The average molecular weight is 709 g/mol. The fourth-order valence-corrected chi connectivity index (χ4v) is 4.69. The molecule has 0 spiro atoms. The molecule has 4 N–H and O–H groups in total. The number of amides is 1. The number of carbonyl (C=O) groups is 3. The van der Waals surface area contributed by atoms with Gasteiger partial charge >= 0.3 is 24.3 Å². The van der Waals surface area contributed by atoms with Crippen LogP contribution in [-0.2, 0) is 19.1 Å². The van der Waals surface area contributed by atoms with Gasteiger partial charge in [-0.3, -0.25) is 9.78 Å². The van der Waals surface area contributed by atoms with Crippen molar-refractivity contribution in [1.29, 1.82) is 0 Å². The van der Waals surface area contributed by atoms with E-state index in [9.17, 15) is 31.1 Å². The first-order chi connectivity index (χ1) is 22.4. The Bertz CT molecular complexity index is 1720. The molecule has 48 heavy (non-hydrogen) atoms. The number of carboxylic acids is 2. The van der Waals surface area contributed by atoms with E-state index < -0.39 is 24.3 Å². The summed E-state index contributed by atoms with van der Waals surface area (Å²) >= 11 is 6.70. The van der Waals surface area contributed by atoms with Crippen LogP contribution in [0.25, 0.3) is 22.1 Å². The van der Waals surface area contributed by atoms with Crippen LogP contribution in [0.2, 0.25) is 5.02 Å². The number of alkyl halides is 6. The number of nitrogens with zero attached hydrogens (tertiary/aromatic N) is 6. The van der Waals surface area contributed by atoms with E-state index in [-0.39, 0.29) is 18.6 Å². The number of piperazine rings is 1. The minimum Gasteiger partial charge on any atom is -0.475 e. The second kappa shape index (κ2) is 15.7. The quantitative estimate of drug-likeness (QED) is 0.209. The highest BCUT2D eigenvalue weighted by Gasteiger charge is 2.39. The largest absolute Gasteiger partial charge is 0.490 e. The number of anilines is 2. The lowest BCUT2D eigenvalue weighted by molar-refractivity contribution is -0.193. The summed E-state index contributed by atoms with van der Waals surface area (Å²) in [5.74, 6) is -4.85. The molecule has 1 atom stereocenters. The zero-order chi connectivity index (χ0) is 35.8. The van der Waals surface area contributed by atoms with Crippen LogP contribution in [-0.4, -0.2) is 110 Å². The number of hydrogen-bond donors (Lipinski definition) is 4. The maximum absolute atomic E-state index is 12.3. The molecule has 0 saturated carbocycles. The Labute approximate surface area is 271 Å². The molecule has 5 rings (SSSR count). The third kappa shape index (κ3) is 9.53. The van der Waals surface area contributed by atoms with Crippen molar-refractivity contribution in [2.24, 2.45) is 0 Å². The SMILES string of the molecule is COCC(=O)N1CCN(c2c(C(C)Nc3ncnc4nc[nH]c34)cc(Cl)c3cccnc23)CC1.O=C(O)C(F)(F)F.O=C(O)C(F)(F)F. The molecule has 3 aromatic heterocycles. The van der Waals surface area contributed by atoms with E-state index in [1.807, 2.05) is 23.1 Å². The predicted molar refractivity (Wildman–Crippen MR) is 159 cm³/mol. The standard InChI is InChI=1S/C23H25ClN8O2.2C2HF3O2/c1-14(30-23-20-22(27-12-26-20)28-13-29-23)16-10-17(24)15-4-3-5-25-19(15)21(16)32-8-6-31(7-9-32)18(33)11-34-2;2*3-2(4,5)1(6)7/h3-5,10,12-14H,6-9,11H2,1-2H3,(H2,26,27,28,29,30);2*(H,6,7). The van der Waals surface area contributed by atoms with E-state index in [0.29, 0.717) is 42.7 Å². The second-order valence-electron chi connectivity index (χ2n) is 9.79. The number of imidazole rings is 1. The number of aliphatic carboxylic acids is 2. The number of aromatic amines is 1. The van der Waals surface area contributed by atoms with Crippen molar-refractivity contribution in [3.05, 3.63) is 47.6 Å². The first-order valence-electron chi connectivity index (χ1n) is 13.5. The van der Waals surface area contributed by atoms with E-state index in [2.05, 4.69) is 37.1 Å². The fraction of sp³-hybridized carbons (Fsp3) is 0.370. The number of fused-ring (bicyclic) bond motifs is 2. The van der Waals surface area contributed by atoms with E-state index in [1.54, 1.807) is 12.5 Å². The summed E-state index contributed by atoms with van der Waals surface area (Å²) in [5, 5.41) is 19.3. The molecule has 4 aromatic rings. The number of carboxylic acid groups (broad SMARTS) is 2. The molecule has 1 saturated heterocycles. The van der Waals surface area contributed by atoms with Gasteiger partial charge < -0.3 is 35.1 Å². The fourth-order valence-electron chi connectivity index (χ4n) is 4.42. The highest BCUT2D eigenvalue weighted by Crippen LogP contribution is 2.39. The first kappa shape index (κ1) is 37.5. The summed E-state index contributed by atoms with van der Waals surface area (Å²) in [4.78, 5) is 54.8. The molecule has 1 fully saturated rings. The van der Waals surface area contributed by atoms with Crippen LogP contribution < -0.4 is 10.2 Å². The topological polar surface area (TPSA) is 187 Å². The highest BCUT2D eigenvalue weighted by molar-refractivity contribution is 6.36. The summed E-state index contributed by atoms with van der Waals surface area (Å²) in [5.41, 5.74) is 4.18. The van der Waals surface area contributed by atoms with Crippen molar-refractivity contribution in [1.82, 2.24) is 29.8 Å². The Balaban J connectivity index is 0.000000376. The number of aromatic nitrogens is 5. The molecule has 1 aliphatic heterocycles. The maximum Gasteiger partial charge on any atom is 0.490 e. The Hall–Kier alpha value is -4.98. The van der Waals surface area contributed by atoms with Crippen molar-refractivity contribution in [2.75, 3.05) is 50.1 Å². The normalized spacial score (nSPS) is 14.0. The van der Waals surface area contributed by atoms with Crippen LogP contribution in [0, 0.1) is 0 Å². The third-order valence-corrected chi connectivity index (χ3v) is 6.90. The van der Waals surface area contributed by atoms with Crippen LogP contribution in [0.15, 0.2) is 37.1 Å². The van der Waals surface area contributed by atoms with Crippen LogP contribution >= 0.6 is 11.6 Å². The van der Waals surface area contributed by atoms with E-state index >= 15 is 0 Å². The van der Waals surface area contributed by atoms with Gasteiger partial charge in [0.05, 0.1) is 28.6 Å². The Morgan fingerprint density at radius 2 is 1.62 bits per heavy atom. The molecule has 1 amide bonds. The first-order valence-corrected chi connectivity index (χ1v) is 13.9. The number of hydrogen-bond acceptors (Lipinski definition) is 10. The van der Waals surface area contributed by atoms with Gasteiger partial charge in [-0.1, -0.05) is 11.6 Å². The van der Waals surface area contributed by atoms with E-state index in [4.69, 9.17) is 41.1 Å². The lowest BCUT2D eigenvalue weighted by Crippen LogP contribution is -2.50. The Morgan fingerprint density at radius 3 is 2.19 bits per heavy atom. The van der Waals surface area contributed by atoms with Crippen LogP contribution in [0.3, 0.4) is 0 Å². The average Bonchev–Trinajstić information content (AvgIpc) is 3.51. The van der Waals surface area contributed by atoms with E-state index in [1.165, 1.54) is 13.4 Å². The smallest absolute Gasteiger partial charge is 0.475 e. The number of H-pyrrole nitrogens is 1. The molecule has 1 aromatic carbocycles. The van der Waals surface area contributed by atoms with Crippen LogP contribution in [0.1, 0.15) is 18.5 Å². The number of pyridine rings is 1. The van der Waals surface area contributed by atoms with Crippen molar-refractivity contribution in [3.8, 4) is 0 Å². The van der Waals surface area contributed by atoms with Gasteiger partial charge in [0.1, 0.15) is 18.5 Å². The molecule has 14 nitrogen and oxygen atoms in total. The number of carbonyl (C=O) groups excluding carboxylic acids is 1. The van der Waals surface area contributed by atoms with Gasteiger partial charge in [-0.25, -0.2) is 24.5 Å². The molecular formula is C27H27ClF6N8O6. The van der Waals surface area contributed by atoms with Crippen molar-refractivity contribution < 1.29 is 55.7 Å². The zero-order valence-corrected chi connectivity index (χ0v) is 25.7. The molecule has 0 radical (unpaired) electrons. The lowest BCUT2D eigenvalue weighted by atomic mass is 10.0. The molecule has 1 unspecified atom stereocenters. The number of ether oxygens (including phenoxy) is 1. The molecule has 0 aliphatic carbocycles. The predicted octanol–water partition coefficient (Wildman–Crippen LogP) is 4.29. The van der Waals surface area contributed by atoms with Gasteiger partial charge in [0.15, 0.2) is 11.5 Å². The number of rotatable bonds is 6. The van der Waals surface area contributed by atoms with Gasteiger partial charge in [0, 0.05) is 50.4 Å². The van der Waals surface area contributed by atoms with Gasteiger partial charge in [0.25, 0.3) is 0 Å². The number of nitrogens with one attached hydrogen (secondary N) is 2. The summed E-state index contributed by atoms with van der Waals surface area (Å²) in [6.07, 6.45) is -5.30. The molecule has 0 bridgehead atoms. The van der Waals surface area contributed by atoms with Crippen molar-refractivity contribution in [3.63, 3.8) is 0 Å². The third-order valence-electron chi connectivity index (χ3n) is 6.59. The maximum atomic E-state index is 12.3. The summed E-state index contributed by atoms with van der Waals surface area (Å²) in [6.45, 7) is 4.74. The van der Waals surface area contributed by atoms with Crippen LogP contribution in [0.5, 0.6) is 0 Å².